The van der Waals surface area contributed by atoms with Crippen LogP contribution < -0.4 is 9.62 Å². The molecule has 2 atom stereocenters. The third-order valence-electron chi connectivity index (χ3n) is 5.83. The number of halogens is 4. The van der Waals surface area contributed by atoms with Gasteiger partial charge in [-0.2, -0.15) is 13.2 Å². The Bertz CT molecular complexity index is 1240. The van der Waals surface area contributed by atoms with Gasteiger partial charge in [-0.1, -0.05) is 48.4 Å². The summed E-state index contributed by atoms with van der Waals surface area (Å²) in [6, 6.07) is 8.68. The van der Waals surface area contributed by atoms with E-state index in [0.717, 1.165) is 24.0 Å². The van der Waals surface area contributed by atoms with Crippen LogP contribution in [0, 0.1) is 6.92 Å². The molecule has 0 heterocycles. The van der Waals surface area contributed by atoms with Crippen molar-refractivity contribution in [3.05, 3.63) is 64.2 Å². The van der Waals surface area contributed by atoms with Gasteiger partial charge < -0.3 is 10.2 Å². The lowest BCUT2D eigenvalue weighted by Gasteiger charge is -2.32. The van der Waals surface area contributed by atoms with Gasteiger partial charge >= 0.3 is 6.18 Å². The van der Waals surface area contributed by atoms with Crippen LogP contribution in [0.2, 0.25) is 5.02 Å². The Kier molecular flexibility index (Phi) is 10.0. The van der Waals surface area contributed by atoms with E-state index < -0.39 is 51.2 Å². The van der Waals surface area contributed by atoms with Crippen LogP contribution in [0.4, 0.5) is 18.9 Å². The second-order valence-corrected chi connectivity index (χ2v) is 11.3. The predicted molar refractivity (Wildman–Crippen MR) is 138 cm³/mol. The van der Waals surface area contributed by atoms with Crippen LogP contribution in [-0.2, 0) is 32.3 Å². The molecule has 0 aliphatic heterocycles. The largest absolute Gasteiger partial charge is 0.417 e. The normalized spacial score (nSPS) is 13.5. The average Bonchev–Trinajstić information content (AvgIpc) is 2.79. The maximum Gasteiger partial charge on any atom is 0.417 e. The lowest BCUT2D eigenvalue weighted by Crippen LogP contribution is -2.52. The SMILES string of the molecule is CC[C@@H](C)NC(=O)[C@@H](C)N(Cc1cccc(C)c1)C(=O)CN(c1ccc(Cl)c(C(F)(F)F)c1)S(C)(=O)=O. The molecule has 37 heavy (non-hydrogen) atoms. The Balaban J connectivity index is 2.48. The number of amides is 2. The van der Waals surface area contributed by atoms with Gasteiger partial charge in [0, 0.05) is 12.6 Å². The molecule has 0 fully saturated rings. The lowest BCUT2D eigenvalue weighted by atomic mass is 10.1. The maximum atomic E-state index is 13.5. The van der Waals surface area contributed by atoms with Crippen molar-refractivity contribution < 1.29 is 31.2 Å². The molecule has 0 aliphatic rings. The van der Waals surface area contributed by atoms with Crippen LogP contribution in [0.1, 0.15) is 43.9 Å². The van der Waals surface area contributed by atoms with Crippen LogP contribution in [-0.4, -0.2) is 50.0 Å². The summed E-state index contributed by atoms with van der Waals surface area (Å²) in [6.45, 7) is 6.24. The zero-order chi connectivity index (χ0) is 28.1. The molecule has 0 saturated carbocycles. The van der Waals surface area contributed by atoms with Gasteiger partial charge in [0.25, 0.3) is 0 Å². The zero-order valence-corrected chi connectivity index (χ0v) is 22.8. The van der Waals surface area contributed by atoms with Crippen LogP contribution >= 0.6 is 11.6 Å². The van der Waals surface area contributed by atoms with Gasteiger partial charge in [0.05, 0.1) is 22.5 Å². The van der Waals surface area contributed by atoms with E-state index >= 15 is 0 Å². The average molecular weight is 562 g/mol. The van der Waals surface area contributed by atoms with Crippen molar-refractivity contribution in [1.29, 1.82) is 0 Å². The van der Waals surface area contributed by atoms with Crippen LogP contribution in [0.15, 0.2) is 42.5 Å². The lowest BCUT2D eigenvalue weighted by molar-refractivity contribution is -0.139. The summed E-state index contributed by atoms with van der Waals surface area (Å²) < 4.78 is 66.0. The molecule has 0 unspecified atom stereocenters. The topological polar surface area (TPSA) is 86.8 Å². The summed E-state index contributed by atoms with van der Waals surface area (Å²) in [5.74, 6) is -1.20. The molecule has 0 bridgehead atoms. The number of anilines is 1. The molecule has 0 spiro atoms. The first kappa shape index (κ1) is 30.4. The van der Waals surface area contributed by atoms with Crippen molar-refractivity contribution in [2.45, 2.75) is 58.9 Å². The minimum absolute atomic E-state index is 0.0123. The summed E-state index contributed by atoms with van der Waals surface area (Å²) in [6.07, 6.45) is -3.39. The fraction of sp³-hybridized carbons (Fsp3) is 0.440. The Morgan fingerprint density at radius 3 is 2.30 bits per heavy atom. The number of carbonyl (C=O) groups is 2. The summed E-state index contributed by atoms with van der Waals surface area (Å²) >= 11 is 5.68. The van der Waals surface area contributed by atoms with Crippen molar-refractivity contribution in [2.75, 3.05) is 17.1 Å². The first-order valence-corrected chi connectivity index (χ1v) is 13.8. The van der Waals surface area contributed by atoms with Crippen molar-refractivity contribution in [3.63, 3.8) is 0 Å². The highest BCUT2D eigenvalue weighted by molar-refractivity contribution is 7.92. The number of benzene rings is 2. The minimum Gasteiger partial charge on any atom is -0.352 e. The van der Waals surface area contributed by atoms with E-state index in [1.807, 2.05) is 32.9 Å². The molecular weight excluding hydrogens is 531 g/mol. The molecule has 0 radical (unpaired) electrons. The molecule has 7 nitrogen and oxygen atoms in total. The fourth-order valence-corrected chi connectivity index (χ4v) is 4.62. The number of sulfonamides is 1. The summed E-state index contributed by atoms with van der Waals surface area (Å²) in [4.78, 5) is 27.6. The number of aryl methyl sites for hydroxylation is 1. The van der Waals surface area contributed by atoms with E-state index in [9.17, 15) is 31.2 Å². The first-order chi connectivity index (χ1) is 17.0. The van der Waals surface area contributed by atoms with Crippen LogP contribution in [0.3, 0.4) is 0 Å². The highest BCUT2D eigenvalue weighted by Crippen LogP contribution is 2.37. The summed E-state index contributed by atoms with van der Waals surface area (Å²) in [5.41, 5.74) is 0.0129. The van der Waals surface area contributed by atoms with E-state index in [1.54, 1.807) is 12.1 Å². The second-order valence-electron chi connectivity index (χ2n) is 8.94. The fourth-order valence-electron chi connectivity index (χ4n) is 3.55. The van der Waals surface area contributed by atoms with Gasteiger partial charge in [-0.05, 0) is 51.0 Å². The number of rotatable bonds is 10. The molecular formula is C25H31ClF3N3O4S. The van der Waals surface area contributed by atoms with Crippen molar-refractivity contribution in [1.82, 2.24) is 10.2 Å². The highest BCUT2D eigenvalue weighted by Gasteiger charge is 2.35. The van der Waals surface area contributed by atoms with Gasteiger partial charge in [-0.25, -0.2) is 8.42 Å². The number of hydrogen-bond acceptors (Lipinski definition) is 4. The smallest absolute Gasteiger partial charge is 0.352 e. The monoisotopic (exact) mass is 561 g/mol. The second kappa shape index (κ2) is 12.2. The van der Waals surface area contributed by atoms with Gasteiger partial charge in [0.1, 0.15) is 12.6 Å². The Morgan fingerprint density at radius 2 is 1.76 bits per heavy atom. The first-order valence-electron chi connectivity index (χ1n) is 11.5. The van der Waals surface area contributed by atoms with Crippen molar-refractivity contribution in [2.24, 2.45) is 0 Å². The maximum absolute atomic E-state index is 13.5. The van der Waals surface area contributed by atoms with E-state index in [1.165, 1.54) is 11.8 Å². The molecule has 1 N–H and O–H groups in total. The van der Waals surface area contributed by atoms with Gasteiger partial charge in [-0.15, -0.1) is 0 Å². The quantitative estimate of drug-likeness (QED) is 0.453. The van der Waals surface area contributed by atoms with E-state index in [-0.39, 0.29) is 18.3 Å². The van der Waals surface area contributed by atoms with E-state index in [2.05, 4.69) is 5.32 Å². The van der Waals surface area contributed by atoms with Crippen LogP contribution in [0.5, 0.6) is 0 Å². The molecule has 12 heteroatoms. The predicted octanol–water partition coefficient (Wildman–Crippen LogP) is 4.77. The molecule has 0 aliphatic carbocycles. The minimum atomic E-state index is -4.83. The summed E-state index contributed by atoms with van der Waals surface area (Å²) in [5, 5.41) is 2.20. The third kappa shape index (κ3) is 8.36. The Morgan fingerprint density at radius 1 is 1.11 bits per heavy atom. The third-order valence-corrected chi connectivity index (χ3v) is 7.30. The van der Waals surface area contributed by atoms with Crippen molar-refractivity contribution >= 4 is 39.1 Å². The van der Waals surface area contributed by atoms with Gasteiger partial charge in [0.2, 0.25) is 21.8 Å². The molecule has 2 aromatic carbocycles. The standard InChI is InChI=1S/C25H31ClF3N3O4S/c1-6-17(3)30-24(34)18(4)31(14-19-9-7-8-16(2)12-19)23(33)15-32(37(5,35)36)20-10-11-22(26)21(13-20)25(27,28)29/h7-13,17-18H,6,14-15H2,1-5H3,(H,30,34)/t17-,18-/m1/s1. The zero-order valence-electron chi connectivity index (χ0n) is 21.3. The molecule has 2 amide bonds. The number of nitrogens with zero attached hydrogens (tertiary/aromatic N) is 2. The molecule has 204 valence electrons. The van der Waals surface area contributed by atoms with Crippen LogP contribution in [0.25, 0.3) is 0 Å². The summed E-state index contributed by atoms with van der Waals surface area (Å²) in [7, 11) is -4.20. The molecule has 0 aromatic heterocycles. The highest BCUT2D eigenvalue weighted by atomic mass is 35.5. The van der Waals surface area contributed by atoms with E-state index in [0.29, 0.717) is 22.4 Å². The van der Waals surface area contributed by atoms with Crippen molar-refractivity contribution in [3.8, 4) is 0 Å². The molecule has 0 saturated heterocycles. The Labute approximate surface area is 220 Å². The molecule has 2 aromatic rings. The molecule has 2 rings (SSSR count). The number of hydrogen-bond donors (Lipinski definition) is 1. The number of carbonyl (C=O) groups excluding carboxylic acids is 2. The number of alkyl halides is 3. The van der Waals surface area contributed by atoms with E-state index in [4.69, 9.17) is 11.6 Å². The Hall–Kier alpha value is -2.79. The number of nitrogens with one attached hydrogen (secondary N) is 1. The van der Waals surface area contributed by atoms with Gasteiger partial charge in [-0.3, -0.25) is 13.9 Å². The van der Waals surface area contributed by atoms with Gasteiger partial charge in [0.15, 0.2) is 0 Å².